The van der Waals surface area contributed by atoms with Crippen molar-refractivity contribution in [2.45, 2.75) is 13.8 Å². The Bertz CT molecular complexity index is 543. The maximum atomic E-state index is 13.4. The molecule has 0 aliphatic carbocycles. The minimum Gasteiger partial charge on any atom is -0.313 e. The first kappa shape index (κ1) is 11.8. The molecule has 0 spiro atoms. The number of anilines is 1. The van der Waals surface area contributed by atoms with E-state index in [0.717, 1.165) is 15.4 Å². The van der Waals surface area contributed by atoms with Crippen LogP contribution in [0, 0.1) is 19.7 Å². The molecule has 2 nitrogen and oxygen atoms in total. The molecule has 0 aliphatic heterocycles. The van der Waals surface area contributed by atoms with E-state index in [1.54, 1.807) is 12.1 Å². The van der Waals surface area contributed by atoms with Crippen LogP contribution in [0.3, 0.4) is 0 Å². The van der Waals surface area contributed by atoms with Gasteiger partial charge in [-0.15, -0.1) is 11.3 Å². The second kappa shape index (κ2) is 4.67. The van der Waals surface area contributed by atoms with Crippen LogP contribution >= 0.6 is 11.3 Å². The largest absolute Gasteiger partial charge is 0.313 e. The number of nitrogens with one attached hydrogen (secondary N) is 1. The molecule has 0 saturated heterocycles. The molecule has 0 fully saturated rings. The first-order valence-corrected chi connectivity index (χ1v) is 6.02. The van der Waals surface area contributed by atoms with Gasteiger partial charge in [0.2, 0.25) is 0 Å². The molecule has 0 radical (unpaired) electrons. The van der Waals surface area contributed by atoms with Crippen LogP contribution in [0.25, 0.3) is 0 Å². The molecule has 0 aliphatic rings. The average Bonchev–Trinajstić information content (AvgIpc) is 2.58. The lowest BCUT2D eigenvalue weighted by Gasteiger charge is -2.03. The first-order chi connectivity index (χ1) is 8.08. The minimum absolute atomic E-state index is 0.0659. The van der Waals surface area contributed by atoms with Crippen LogP contribution in [0.5, 0.6) is 0 Å². The highest BCUT2D eigenvalue weighted by atomic mass is 32.1. The van der Waals surface area contributed by atoms with Crippen molar-refractivity contribution in [3.05, 3.63) is 52.2 Å². The zero-order valence-electron chi connectivity index (χ0n) is 9.58. The highest BCUT2D eigenvalue weighted by molar-refractivity contribution is 7.16. The second-order valence-electron chi connectivity index (χ2n) is 3.78. The zero-order valence-corrected chi connectivity index (χ0v) is 10.4. The maximum absolute atomic E-state index is 13.4. The molecule has 1 amide bonds. The summed E-state index contributed by atoms with van der Waals surface area (Å²) in [7, 11) is 0. The van der Waals surface area contributed by atoms with Gasteiger partial charge in [0.1, 0.15) is 5.82 Å². The van der Waals surface area contributed by atoms with Crippen molar-refractivity contribution in [1.29, 1.82) is 0 Å². The van der Waals surface area contributed by atoms with Crippen LogP contribution in [0.4, 0.5) is 9.39 Å². The predicted octanol–water partition coefficient (Wildman–Crippen LogP) is 3.76. The minimum atomic E-state index is -0.505. The van der Waals surface area contributed by atoms with E-state index >= 15 is 0 Å². The summed E-state index contributed by atoms with van der Waals surface area (Å²) >= 11 is 1.49. The number of aryl methyl sites for hydroxylation is 2. The van der Waals surface area contributed by atoms with E-state index in [-0.39, 0.29) is 5.56 Å². The van der Waals surface area contributed by atoms with Gasteiger partial charge in [0.15, 0.2) is 0 Å². The SMILES string of the molecule is Cc1cc(NC(=O)c2ccccc2F)sc1C. The Hall–Kier alpha value is -1.68. The molecule has 1 heterocycles. The van der Waals surface area contributed by atoms with E-state index in [1.165, 1.54) is 23.5 Å². The van der Waals surface area contributed by atoms with Crippen LogP contribution in [0.15, 0.2) is 30.3 Å². The lowest BCUT2D eigenvalue weighted by atomic mass is 10.2. The van der Waals surface area contributed by atoms with Crippen molar-refractivity contribution in [2.75, 3.05) is 5.32 Å². The zero-order chi connectivity index (χ0) is 12.4. The Morgan fingerprint density at radius 1 is 1.29 bits per heavy atom. The number of halogens is 1. The summed E-state index contributed by atoms with van der Waals surface area (Å²) in [5, 5.41) is 3.44. The molecule has 17 heavy (non-hydrogen) atoms. The Morgan fingerprint density at radius 3 is 2.59 bits per heavy atom. The molecule has 4 heteroatoms. The molecule has 0 saturated carbocycles. The molecule has 0 unspecified atom stereocenters. The first-order valence-electron chi connectivity index (χ1n) is 5.21. The summed E-state index contributed by atoms with van der Waals surface area (Å²) in [6.45, 7) is 3.96. The lowest BCUT2D eigenvalue weighted by molar-refractivity contribution is 0.102. The number of thiophene rings is 1. The normalized spacial score (nSPS) is 10.3. The average molecular weight is 249 g/mol. The number of hydrogen-bond donors (Lipinski definition) is 1. The van der Waals surface area contributed by atoms with Crippen molar-refractivity contribution >= 4 is 22.2 Å². The Labute approximate surface area is 103 Å². The van der Waals surface area contributed by atoms with Gasteiger partial charge in [-0.2, -0.15) is 0 Å². The number of hydrogen-bond acceptors (Lipinski definition) is 2. The topological polar surface area (TPSA) is 29.1 Å². The summed E-state index contributed by atoms with van der Waals surface area (Å²) in [6, 6.07) is 7.84. The fraction of sp³-hybridized carbons (Fsp3) is 0.154. The van der Waals surface area contributed by atoms with Crippen molar-refractivity contribution < 1.29 is 9.18 Å². The van der Waals surface area contributed by atoms with Gasteiger partial charge in [-0.05, 0) is 37.6 Å². The van der Waals surface area contributed by atoms with Gasteiger partial charge in [-0.3, -0.25) is 4.79 Å². The van der Waals surface area contributed by atoms with E-state index < -0.39 is 11.7 Å². The van der Waals surface area contributed by atoms with Gasteiger partial charge < -0.3 is 5.32 Å². The molecule has 1 aromatic heterocycles. The van der Waals surface area contributed by atoms with Crippen molar-refractivity contribution in [3.63, 3.8) is 0 Å². The van der Waals surface area contributed by atoms with Crippen LogP contribution in [-0.2, 0) is 0 Å². The molecular weight excluding hydrogens is 237 g/mol. The number of rotatable bonds is 2. The van der Waals surface area contributed by atoms with E-state index in [0.29, 0.717) is 0 Å². The van der Waals surface area contributed by atoms with Crippen LogP contribution in [0.2, 0.25) is 0 Å². The molecule has 88 valence electrons. The van der Waals surface area contributed by atoms with Crippen molar-refractivity contribution in [3.8, 4) is 0 Å². The summed E-state index contributed by atoms with van der Waals surface area (Å²) in [6.07, 6.45) is 0. The molecule has 2 aromatic rings. The third kappa shape index (κ3) is 2.53. The lowest BCUT2D eigenvalue weighted by Crippen LogP contribution is -2.12. The predicted molar refractivity (Wildman–Crippen MR) is 68.1 cm³/mol. The number of benzene rings is 1. The monoisotopic (exact) mass is 249 g/mol. The van der Waals surface area contributed by atoms with Gasteiger partial charge in [0.25, 0.3) is 5.91 Å². The third-order valence-corrected chi connectivity index (χ3v) is 3.59. The van der Waals surface area contributed by atoms with Gasteiger partial charge in [0, 0.05) is 4.88 Å². The quantitative estimate of drug-likeness (QED) is 0.862. The summed E-state index contributed by atoms with van der Waals surface area (Å²) in [5.74, 6) is -0.917. The van der Waals surface area contributed by atoms with E-state index in [2.05, 4.69) is 5.32 Å². The van der Waals surface area contributed by atoms with E-state index in [1.807, 2.05) is 19.9 Å². The number of carbonyl (C=O) groups is 1. The Kier molecular flexibility index (Phi) is 3.24. The van der Waals surface area contributed by atoms with Crippen molar-refractivity contribution in [2.24, 2.45) is 0 Å². The molecule has 1 N–H and O–H groups in total. The molecular formula is C13H12FNOS. The van der Waals surface area contributed by atoms with E-state index in [4.69, 9.17) is 0 Å². The van der Waals surface area contributed by atoms with Gasteiger partial charge in [-0.1, -0.05) is 12.1 Å². The Morgan fingerprint density at radius 2 is 2.00 bits per heavy atom. The molecule has 2 rings (SSSR count). The Balaban J connectivity index is 2.20. The molecule has 1 aromatic carbocycles. The summed E-state index contributed by atoms with van der Waals surface area (Å²) < 4.78 is 13.4. The van der Waals surface area contributed by atoms with Crippen LogP contribution in [0.1, 0.15) is 20.8 Å². The fourth-order valence-electron chi connectivity index (χ4n) is 1.46. The number of carbonyl (C=O) groups excluding carboxylic acids is 1. The van der Waals surface area contributed by atoms with Crippen LogP contribution < -0.4 is 5.32 Å². The summed E-state index contributed by atoms with van der Waals surface area (Å²) in [5.41, 5.74) is 1.19. The highest BCUT2D eigenvalue weighted by Gasteiger charge is 2.12. The van der Waals surface area contributed by atoms with Gasteiger partial charge in [0.05, 0.1) is 10.6 Å². The van der Waals surface area contributed by atoms with Crippen molar-refractivity contribution in [1.82, 2.24) is 0 Å². The third-order valence-electron chi connectivity index (χ3n) is 2.52. The number of amides is 1. The smallest absolute Gasteiger partial charge is 0.259 e. The van der Waals surface area contributed by atoms with Gasteiger partial charge >= 0.3 is 0 Å². The van der Waals surface area contributed by atoms with Crippen LogP contribution in [-0.4, -0.2) is 5.91 Å². The maximum Gasteiger partial charge on any atom is 0.259 e. The van der Waals surface area contributed by atoms with Gasteiger partial charge in [-0.25, -0.2) is 4.39 Å². The fourth-order valence-corrected chi connectivity index (χ4v) is 2.39. The standard InChI is InChI=1S/C13H12FNOS/c1-8-7-12(17-9(8)2)15-13(16)10-5-3-4-6-11(10)14/h3-7H,1-2H3,(H,15,16). The van der Waals surface area contributed by atoms with E-state index in [9.17, 15) is 9.18 Å². The highest BCUT2D eigenvalue weighted by Crippen LogP contribution is 2.26. The second-order valence-corrected chi connectivity index (χ2v) is 5.04. The summed E-state index contributed by atoms with van der Waals surface area (Å²) in [4.78, 5) is 13.0. The molecule has 0 atom stereocenters. The molecule has 0 bridgehead atoms.